The molecule has 0 saturated heterocycles. The lowest BCUT2D eigenvalue weighted by Gasteiger charge is -2.34. The molecule has 1 N–H and O–H groups in total. The van der Waals surface area contributed by atoms with E-state index in [1.165, 1.54) is 0 Å². The summed E-state index contributed by atoms with van der Waals surface area (Å²) in [5.74, 6) is -0.840. The van der Waals surface area contributed by atoms with Crippen molar-refractivity contribution in [3.05, 3.63) is 11.6 Å². The summed E-state index contributed by atoms with van der Waals surface area (Å²) in [6.07, 6.45) is 2.79. The van der Waals surface area contributed by atoms with Crippen LogP contribution in [0.3, 0.4) is 0 Å². The Morgan fingerprint density at radius 1 is 1.50 bits per heavy atom. The van der Waals surface area contributed by atoms with Crippen molar-refractivity contribution in [3.63, 3.8) is 0 Å². The van der Waals surface area contributed by atoms with Crippen molar-refractivity contribution in [2.24, 2.45) is 0 Å². The topological polar surface area (TPSA) is 40.5 Å². The van der Waals surface area contributed by atoms with E-state index in [2.05, 4.69) is 25.7 Å². The SMILES string of the molecule is CCC(C)(C)N(C)CC=C(C)C(=O)O. The third-order valence-corrected chi connectivity index (χ3v) is 2.91. The van der Waals surface area contributed by atoms with Gasteiger partial charge >= 0.3 is 5.97 Å². The number of carbonyl (C=O) groups is 1. The summed E-state index contributed by atoms with van der Waals surface area (Å²) < 4.78 is 0. The number of nitrogens with zero attached hydrogens (tertiary/aromatic N) is 1. The second kappa shape index (κ2) is 5.15. The predicted molar refractivity (Wildman–Crippen MR) is 58.4 cm³/mol. The molecule has 3 heteroatoms. The Kier molecular flexibility index (Phi) is 4.85. The number of rotatable bonds is 5. The van der Waals surface area contributed by atoms with Crippen LogP contribution in [0.2, 0.25) is 0 Å². The monoisotopic (exact) mass is 199 g/mol. The fraction of sp³-hybridized carbons (Fsp3) is 0.727. The van der Waals surface area contributed by atoms with E-state index in [1.54, 1.807) is 13.0 Å². The molecule has 82 valence electrons. The highest BCUT2D eigenvalue weighted by Gasteiger charge is 2.19. The Hall–Kier alpha value is -0.830. The number of likely N-dealkylation sites (N-methyl/N-ethyl adjacent to an activating group) is 1. The van der Waals surface area contributed by atoms with Gasteiger partial charge in [0.1, 0.15) is 0 Å². The quantitative estimate of drug-likeness (QED) is 0.690. The molecule has 0 fully saturated rings. The minimum atomic E-state index is -0.840. The van der Waals surface area contributed by atoms with Gasteiger partial charge in [0.15, 0.2) is 0 Å². The number of carboxylic acids is 1. The van der Waals surface area contributed by atoms with Crippen LogP contribution in [-0.4, -0.2) is 35.1 Å². The highest BCUT2D eigenvalue weighted by Crippen LogP contribution is 2.16. The molecule has 0 aromatic rings. The van der Waals surface area contributed by atoms with E-state index in [-0.39, 0.29) is 5.54 Å². The summed E-state index contributed by atoms with van der Waals surface area (Å²) in [6, 6.07) is 0. The Labute approximate surface area is 86.4 Å². The summed E-state index contributed by atoms with van der Waals surface area (Å²) in [7, 11) is 2.01. The van der Waals surface area contributed by atoms with Crippen molar-refractivity contribution in [1.82, 2.24) is 4.90 Å². The molecule has 0 atom stereocenters. The third kappa shape index (κ3) is 3.92. The molecule has 3 nitrogen and oxygen atoms in total. The molecule has 0 aromatic heterocycles. The first-order chi connectivity index (χ1) is 6.31. The van der Waals surface area contributed by atoms with Crippen LogP contribution in [0, 0.1) is 0 Å². The highest BCUT2D eigenvalue weighted by molar-refractivity contribution is 5.85. The molecular weight excluding hydrogens is 178 g/mol. The largest absolute Gasteiger partial charge is 0.478 e. The van der Waals surface area contributed by atoms with Gasteiger partial charge in [-0.3, -0.25) is 4.90 Å². The van der Waals surface area contributed by atoms with Gasteiger partial charge in [0.05, 0.1) is 0 Å². The van der Waals surface area contributed by atoms with Crippen molar-refractivity contribution < 1.29 is 9.90 Å². The van der Waals surface area contributed by atoms with Gasteiger partial charge in [0, 0.05) is 17.7 Å². The zero-order valence-corrected chi connectivity index (χ0v) is 9.79. The fourth-order valence-corrected chi connectivity index (χ4v) is 0.878. The smallest absolute Gasteiger partial charge is 0.330 e. The molecule has 0 amide bonds. The Morgan fingerprint density at radius 2 is 2.00 bits per heavy atom. The maximum Gasteiger partial charge on any atom is 0.330 e. The first-order valence-electron chi connectivity index (χ1n) is 4.92. The average Bonchev–Trinajstić information content (AvgIpc) is 2.13. The molecule has 0 heterocycles. The zero-order chi connectivity index (χ0) is 11.4. The molecule has 0 aliphatic heterocycles. The fourth-order valence-electron chi connectivity index (χ4n) is 0.878. The third-order valence-electron chi connectivity index (χ3n) is 2.91. The van der Waals surface area contributed by atoms with Gasteiger partial charge in [-0.05, 0) is 34.2 Å². The predicted octanol–water partition coefficient (Wildman–Crippen LogP) is 2.14. The van der Waals surface area contributed by atoms with Crippen LogP contribution in [0.15, 0.2) is 11.6 Å². The van der Waals surface area contributed by atoms with Crippen molar-refractivity contribution in [2.45, 2.75) is 39.7 Å². The van der Waals surface area contributed by atoms with Crippen molar-refractivity contribution in [1.29, 1.82) is 0 Å². The maximum atomic E-state index is 10.5. The molecule has 0 radical (unpaired) electrons. The van der Waals surface area contributed by atoms with Gasteiger partial charge in [-0.15, -0.1) is 0 Å². The second-order valence-corrected chi connectivity index (χ2v) is 4.24. The number of carboxylic acid groups (broad SMARTS) is 1. The second-order valence-electron chi connectivity index (χ2n) is 4.24. The lowest BCUT2D eigenvalue weighted by atomic mass is 10.00. The molecule has 0 bridgehead atoms. The lowest BCUT2D eigenvalue weighted by Crippen LogP contribution is -2.40. The van der Waals surface area contributed by atoms with E-state index in [9.17, 15) is 4.79 Å². The van der Waals surface area contributed by atoms with Crippen LogP contribution < -0.4 is 0 Å². The van der Waals surface area contributed by atoms with Crippen molar-refractivity contribution in [3.8, 4) is 0 Å². The summed E-state index contributed by atoms with van der Waals surface area (Å²) in [5, 5.41) is 8.67. The van der Waals surface area contributed by atoms with Gasteiger partial charge in [0.2, 0.25) is 0 Å². The molecule has 0 aliphatic carbocycles. The molecular formula is C11H21NO2. The van der Waals surface area contributed by atoms with Crippen LogP contribution in [-0.2, 0) is 4.79 Å². The van der Waals surface area contributed by atoms with E-state index >= 15 is 0 Å². The van der Waals surface area contributed by atoms with E-state index in [0.717, 1.165) is 6.42 Å². The summed E-state index contributed by atoms with van der Waals surface area (Å²) in [4.78, 5) is 12.7. The molecule has 0 aromatic carbocycles. The van der Waals surface area contributed by atoms with Crippen LogP contribution in [0.4, 0.5) is 0 Å². The van der Waals surface area contributed by atoms with Gasteiger partial charge in [-0.25, -0.2) is 4.79 Å². The van der Waals surface area contributed by atoms with Gasteiger partial charge in [-0.1, -0.05) is 13.0 Å². The molecule has 14 heavy (non-hydrogen) atoms. The lowest BCUT2D eigenvalue weighted by molar-refractivity contribution is -0.132. The first kappa shape index (κ1) is 13.2. The summed E-state index contributed by atoms with van der Waals surface area (Å²) in [6.45, 7) is 8.73. The molecule has 0 saturated carbocycles. The Bertz CT molecular complexity index is 231. The molecule has 0 rings (SSSR count). The summed E-state index contributed by atoms with van der Waals surface area (Å²) >= 11 is 0. The van der Waals surface area contributed by atoms with E-state index in [4.69, 9.17) is 5.11 Å². The van der Waals surface area contributed by atoms with E-state index in [1.807, 2.05) is 7.05 Å². The van der Waals surface area contributed by atoms with Gasteiger partial charge < -0.3 is 5.11 Å². The van der Waals surface area contributed by atoms with E-state index in [0.29, 0.717) is 12.1 Å². The first-order valence-corrected chi connectivity index (χ1v) is 4.92. The molecule has 0 spiro atoms. The standard InChI is InChI=1S/C11H21NO2/c1-6-11(3,4)12(5)8-7-9(2)10(13)14/h7H,6,8H2,1-5H3,(H,13,14). The van der Waals surface area contributed by atoms with Gasteiger partial charge in [-0.2, -0.15) is 0 Å². The zero-order valence-electron chi connectivity index (χ0n) is 9.79. The van der Waals surface area contributed by atoms with E-state index < -0.39 is 5.97 Å². The van der Waals surface area contributed by atoms with Crippen LogP contribution in [0.5, 0.6) is 0 Å². The normalized spacial score (nSPS) is 13.4. The number of hydrogen-bond acceptors (Lipinski definition) is 2. The highest BCUT2D eigenvalue weighted by atomic mass is 16.4. The molecule has 0 aliphatic rings. The van der Waals surface area contributed by atoms with Crippen molar-refractivity contribution >= 4 is 5.97 Å². The minimum absolute atomic E-state index is 0.120. The van der Waals surface area contributed by atoms with Crippen LogP contribution >= 0.6 is 0 Å². The van der Waals surface area contributed by atoms with Crippen LogP contribution in [0.25, 0.3) is 0 Å². The Morgan fingerprint density at radius 3 is 2.36 bits per heavy atom. The maximum absolute atomic E-state index is 10.5. The van der Waals surface area contributed by atoms with Crippen LogP contribution in [0.1, 0.15) is 34.1 Å². The minimum Gasteiger partial charge on any atom is -0.478 e. The number of aliphatic carboxylic acids is 1. The van der Waals surface area contributed by atoms with Gasteiger partial charge in [0.25, 0.3) is 0 Å². The summed E-state index contributed by atoms with van der Waals surface area (Å²) in [5.41, 5.74) is 0.527. The Balaban J connectivity index is 4.28. The average molecular weight is 199 g/mol. The van der Waals surface area contributed by atoms with Crippen molar-refractivity contribution in [2.75, 3.05) is 13.6 Å². The molecule has 0 unspecified atom stereocenters. The number of hydrogen-bond donors (Lipinski definition) is 1.